The first-order valence-corrected chi connectivity index (χ1v) is 5.33. The molecule has 0 unspecified atom stereocenters. The fourth-order valence-electron chi connectivity index (χ4n) is 1.65. The Morgan fingerprint density at radius 2 is 2.06 bits per heavy atom. The van der Waals surface area contributed by atoms with Gasteiger partial charge < -0.3 is 5.73 Å². The van der Waals surface area contributed by atoms with Crippen molar-refractivity contribution in [3.05, 3.63) is 41.8 Å². The summed E-state index contributed by atoms with van der Waals surface area (Å²) in [5.41, 5.74) is 6.36. The van der Waals surface area contributed by atoms with Crippen molar-refractivity contribution in [3.8, 4) is 5.82 Å². The first-order chi connectivity index (χ1) is 8.24. The normalized spacial score (nSPS) is 10.9. The fraction of sp³-hybridized carbons (Fsp3) is 0. The van der Waals surface area contributed by atoms with Crippen molar-refractivity contribution in [2.75, 3.05) is 5.73 Å². The SMILES string of the molecule is Nc1ccn(-c2ncnc3cc(Cl)ccc23)n1. The molecule has 0 atom stereocenters. The Morgan fingerprint density at radius 3 is 2.82 bits per heavy atom. The Bertz CT molecular complexity index is 691. The number of halogens is 1. The predicted octanol–water partition coefficient (Wildman–Crippen LogP) is 2.05. The Balaban J connectivity index is 2.30. The highest BCUT2D eigenvalue weighted by Gasteiger charge is 2.07. The van der Waals surface area contributed by atoms with E-state index in [1.54, 1.807) is 29.1 Å². The van der Waals surface area contributed by atoms with E-state index in [0.29, 0.717) is 16.7 Å². The van der Waals surface area contributed by atoms with Crippen LogP contribution in [0.4, 0.5) is 5.82 Å². The van der Waals surface area contributed by atoms with Crippen molar-refractivity contribution in [2.45, 2.75) is 0 Å². The lowest BCUT2D eigenvalue weighted by Gasteiger charge is -2.04. The Kier molecular flexibility index (Phi) is 2.19. The molecule has 0 aliphatic heterocycles. The van der Waals surface area contributed by atoms with Gasteiger partial charge in [-0.25, -0.2) is 14.6 Å². The number of hydrogen-bond acceptors (Lipinski definition) is 4. The minimum Gasteiger partial charge on any atom is -0.382 e. The lowest BCUT2D eigenvalue weighted by atomic mass is 10.2. The van der Waals surface area contributed by atoms with Gasteiger partial charge in [0.25, 0.3) is 0 Å². The summed E-state index contributed by atoms with van der Waals surface area (Å²) in [4.78, 5) is 8.38. The number of nitrogens with two attached hydrogens (primary N) is 1. The fourth-order valence-corrected chi connectivity index (χ4v) is 1.82. The molecule has 3 rings (SSSR count). The molecule has 6 heteroatoms. The van der Waals surface area contributed by atoms with Gasteiger partial charge in [0.2, 0.25) is 0 Å². The molecule has 5 nitrogen and oxygen atoms in total. The second-order valence-electron chi connectivity index (χ2n) is 3.54. The molecule has 17 heavy (non-hydrogen) atoms. The Labute approximate surface area is 102 Å². The molecule has 0 aliphatic carbocycles. The Morgan fingerprint density at radius 1 is 1.18 bits per heavy atom. The van der Waals surface area contributed by atoms with Crippen LogP contribution in [0.2, 0.25) is 5.02 Å². The van der Waals surface area contributed by atoms with E-state index in [0.717, 1.165) is 10.9 Å². The maximum absolute atomic E-state index is 5.92. The molecule has 84 valence electrons. The highest BCUT2D eigenvalue weighted by atomic mass is 35.5. The van der Waals surface area contributed by atoms with Crippen LogP contribution >= 0.6 is 11.6 Å². The molecule has 0 radical (unpaired) electrons. The second kappa shape index (κ2) is 3.71. The lowest BCUT2D eigenvalue weighted by molar-refractivity contribution is 0.855. The molecular weight excluding hydrogens is 238 g/mol. The molecule has 2 aromatic heterocycles. The summed E-state index contributed by atoms with van der Waals surface area (Å²) in [6, 6.07) is 7.16. The zero-order chi connectivity index (χ0) is 11.8. The quantitative estimate of drug-likeness (QED) is 0.712. The lowest BCUT2D eigenvalue weighted by Crippen LogP contribution is -2.01. The summed E-state index contributed by atoms with van der Waals surface area (Å²) < 4.78 is 1.62. The van der Waals surface area contributed by atoms with Gasteiger partial charge in [0.05, 0.1) is 5.52 Å². The van der Waals surface area contributed by atoms with E-state index < -0.39 is 0 Å². The third kappa shape index (κ3) is 1.70. The zero-order valence-corrected chi connectivity index (χ0v) is 9.46. The molecule has 0 saturated heterocycles. The van der Waals surface area contributed by atoms with E-state index in [9.17, 15) is 0 Å². The number of anilines is 1. The number of hydrogen-bond donors (Lipinski definition) is 1. The van der Waals surface area contributed by atoms with Crippen LogP contribution in [0, 0.1) is 0 Å². The third-order valence-corrected chi connectivity index (χ3v) is 2.64. The standard InChI is InChI=1S/C11H8ClN5/c12-7-1-2-8-9(5-7)14-6-15-11(8)17-4-3-10(13)16-17/h1-6H,(H2,13,16). The Hall–Kier alpha value is -2.14. The van der Waals surface area contributed by atoms with Crippen LogP contribution in [0.3, 0.4) is 0 Å². The molecule has 0 amide bonds. The first-order valence-electron chi connectivity index (χ1n) is 4.96. The van der Waals surface area contributed by atoms with Crippen LogP contribution in [-0.2, 0) is 0 Å². The number of nitrogens with zero attached hydrogens (tertiary/aromatic N) is 4. The van der Waals surface area contributed by atoms with Crippen molar-refractivity contribution < 1.29 is 0 Å². The highest BCUT2D eigenvalue weighted by molar-refractivity contribution is 6.31. The number of benzene rings is 1. The van der Waals surface area contributed by atoms with Gasteiger partial charge in [-0.1, -0.05) is 11.6 Å². The van der Waals surface area contributed by atoms with E-state index in [1.165, 1.54) is 6.33 Å². The number of rotatable bonds is 1. The van der Waals surface area contributed by atoms with Crippen LogP contribution in [0.1, 0.15) is 0 Å². The minimum absolute atomic E-state index is 0.450. The molecule has 2 heterocycles. The zero-order valence-electron chi connectivity index (χ0n) is 8.71. The van der Waals surface area contributed by atoms with Crippen LogP contribution in [0.15, 0.2) is 36.8 Å². The average molecular weight is 246 g/mol. The number of aromatic nitrogens is 4. The van der Waals surface area contributed by atoms with E-state index >= 15 is 0 Å². The van der Waals surface area contributed by atoms with E-state index in [1.807, 2.05) is 6.07 Å². The second-order valence-corrected chi connectivity index (χ2v) is 3.98. The molecule has 3 aromatic rings. The topological polar surface area (TPSA) is 69.6 Å². The number of nitrogen functional groups attached to an aromatic ring is 1. The van der Waals surface area contributed by atoms with Crippen LogP contribution < -0.4 is 5.73 Å². The maximum atomic E-state index is 5.92. The summed E-state index contributed by atoms with van der Waals surface area (Å²) in [7, 11) is 0. The molecule has 0 fully saturated rings. The first kappa shape index (κ1) is 10.0. The van der Waals surface area contributed by atoms with Crippen LogP contribution in [-0.4, -0.2) is 19.7 Å². The molecule has 0 bridgehead atoms. The van der Waals surface area contributed by atoms with Gasteiger partial charge in [0.1, 0.15) is 12.1 Å². The van der Waals surface area contributed by atoms with Crippen LogP contribution in [0.25, 0.3) is 16.7 Å². The highest BCUT2D eigenvalue weighted by Crippen LogP contribution is 2.21. The van der Waals surface area contributed by atoms with Gasteiger partial charge in [0, 0.05) is 22.7 Å². The van der Waals surface area contributed by atoms with Gasteiger partial charge in [-0.2, -0.15) is 0 Å². The summed E-state index contributed by atoms with van der Waals surface area (Å²) in [6.07, 6.45) is 3.23. The van der Waals surface area contributed by atoms with Crippen molar-refractivity contribution in [1.29, 1.82) is 0 Å². The molecule has 0 aliphatic rings. The number of fused-ring (bicyclic) bond motifs is 1. The summed E-state index contributed by atoms with van der Waals surface area (Å²) >= 11 is 5.92. The average Bonchev–Trinajstić information content (AvgIpc) is 2.74. The van der Waals surface area contributed by atoms with Crippen molar-refractivity contribution >= 4 is 28.3 Å². The van der Waals surface area contributed by atoms with Crippen LogP contribution in [0.5, 0.6) is 0 Å². The van der Waals surface area contributed by atoms with Crippen molar-refractivity contribution in [3.63, 3.8) is 0 Å². The van der Waals surface area contributed by atoms with Gasteiger partial charge in [-0.05, 0) is 18.2 Å². The largest absolute Gasteiger partial charge is 0.382 e. The summed E-state index contributed by atoms with van der Waals surface area (Å²) in [5.74, 6) is 1.13. The van der Waals surface area contributed by atoms with Crippen molar-refractivity contribution in [2.24, 2.45) is 0 Å². The maximum Gasteiger partial charge on any atom is 0.164 e. The molecule has 0 spiro atoms. The molecular formula is C11H8ClN5. The molecule has 2 N–H and O–H groups in total. The minimum atomic E-state index is 0.450. The van der Waals surface area contributed by atoms with Gasteiger partial charge >= 0.3 is 0 Å². The van der Waals surface area contributed by atoms with Crippen molar-refractivity contribution in [1.82, 2.24) is 19.7 Å². The predicted molar refractivity (Wildman–Crippen MR) is 66.1 cm³/mol. The van der Waals surface area contributed by atoms with Gasteiger partial charge in [-0.3, -0.25) is 0 Å². The van der Waals surface area contributed by atoms with E-state index in [2.05, 4.69) is 15.1 Å². The van der Waals surface area contributed by atoms with E-state index in [4.69, 9.17) is 17.3 Å². The van der Waals surface area contributed by atoms with E-state index in [-0.39, 0.29) is 0 Å². The van der Waals surface area contributed by atoms with Gasteiger partial charge in [0.15, 0.2) is 5.82 Å². The third-order valence-electron chi connectivity index (χ3n) is 2.40. The summed E-state index contributed by atoms with van der Waals surface area (Å²) in [5, 5.41) is 5.64. The smallest absolute Gasteiger partial charge is 0.164 e. The van der Waals surface area contributed by atoms with Gasteiger partial charge in [-0.15, -0.1) is 5.10 Å². The molecule has 0 saturated carbocycles. The monoisotopic (exact) mass is 245 g/mol. The molecule has 1 aromatic carbocycles. The summed E-state index contributed by atoms with van der Waals surface area (Å²) in [6.45, 7) is 0.